The van der Waals surface area contributed by atoms with Crippen molar-refractivity contribution in [1.82, 2.24) is 14.1 Å². The molecule has 3 aromatic rings. The summed E-state index contributed by atoms with van der Waals surface area (Å²) in [6, 6.07) is 6.41. The highest BCUT2D eigenvalue weighted by atomic mass is 32.2. The summed E-state index contributed by atoms with van der Waals surface area (Å²) in [5.74, 6) is 0.672. The molecular weight excluding hydrogens is 411 g/mol. The maximum Gasteiger partial charge on any atom is 0.417 e. The molecule has 29 heavy (non-hydrogen) atoms. The lowest BCUT2D eigenvalue weighted by molar-refractivity contribution is -0.137. The number of pyridine rings is 1. The molecule has 1 aromatic carbocycles. The molecule has 0 aliphatic rings. The molecule has 0 atom stereocenters. The zero-order chi connectivity index (χ0) is 21.2. The van der Waals surface area contributed by atoms with E-state index in [9.17, 15) is 21.6 Å². The first-order valence-corrected chi connectivity index (χ1v) is 9.89. The van der Waals surface area contributed by atoms with Crippen LogP contribution < -0.4 is 14.2 Å². The van der Waals surface area contributed by atoms with Gasteiger partial charge in [0, 0.05) is 31.4 Å². The minimum atomic E-state index is -4.45. The highest BCUT2D eigenvalue weighted by molar-refractivity contribution is 7.89. The number of sulfonamides is 1. The molecule has 7 nitrogen and oxygen atoms in total. The Morgan fingerprint density at radius 1 is 1.07 bits per heavy atom. The van der Waals surface area contributed by atoms with Crippen LogP contribution >= 0.6 is 0 Å². The maximum atomic E-state index is 12.8. The van der Waals surface area contributed by atoms with Crippen LogP contribution in [0.25, 0.3) is 5.65 Å². The third-order valence-corrected chi connectivity index (χ3v) is 5.63. The van der Waals surface area contributed by atoms with Crippen LogP contribution in [0.15, 0.2) is 47.6 Å². The maximum absolute atomic E-state index is 12.8. The Labute approximate surface area is 165 Å². The molecule has 0 spiro atoms. The number of hydrogen-bond acceptors (Lipinski definition) is 5. The van der Waals surface area contributed by atoms with E-state index in [-0.39, 0.29) is 23.6 Å². The van der Waals surface area contributed by atoms with E-state index in [1.54, 1.807) is 0 Å². The first-order chi connectivity index (χ1) is 13.6. The summed E-state index contributed by atoms with van der Waals surface area (Å²) >= 11 is 0. The number of hydrogen-bond donors (Lipinski definition) is 1. The van der Waals surface area contributed by atoms with Gasteiger partial charge in [-0.3, -0.25) is 0 Å². The fourth-order valence-electron chi connectivity index (χ4n) is 2.71. The van der Waals surface area contributed by atoms with Crippen LogP contribution in [0, 0.1) is 0 Å². The normalized spacial score (nSPS) is 12.3. The standard InChI is InChI=1S/C18H18F3N3O4S/c1-27-15-5-4-14(9-16(15)28-2)29(25,26)22-8-7-13-11-24-10-12(18(19,20)21)3-6-17(24)23-13/h3-6,9-11,22H,7-8H2,1-2H3. The topological polar surface area (TPSA) is 81.9 Å². The highest BCUT2D eigenvalue weighted by Crippen LogP contribution is 2.30. The van der Waals surface area contributed by atoms with Crippen molar-refractivity contribution in [2.75, 3.05) is 20.8 Å². The molecule has 0 amide bonds. The second kappa shape index (κ2) is 7.91. The van der Waals surface area contributed by atoms with Crippen molar-refractivity contribution >= 4 is 15.7 Å². The number of imidazole rings is 1. The van der Waals surface area contributed by atoms with E-state index in [1.165, 1.54) is 49.1 Å². The van der Waals surface area contributed by atoms with Crippen molar-refractivity contribution in [3.05, 3.63) is 54.0 Å². The molecule has 0 fully saturated rings. The van der Waals surface area contributed by atoms with Crippen LogP contribution in [0.2, 0.25) is 0 Å². The van der Waals surface area contributed by atoms with Gasteiger partial charge >= 0.3 is 6.18 Å². The Morgan fingerprint density at radius 2 is 1.79 bits per heavy atom. The SMILES string of the molecule is COc1ccc(S(=O)(=O)NCCc2cn3cc(C(F)(F)F)ccc3n2)cc1OC. The molecule has 0 aliphatic heterocycles. The Bertz CT molecular complexity index is 1130. The summed E-state index contributed by atoms with van der Waals surface area (Å²) in [6.45, 7) is 0.0205. The zero-order valence-electron chi connectivity index (χ0n) is 15.5. The van der Waals surface area contributed by atoms with Crippen LogP contribution in [0.3, 0.4) is 0 Å². The molecule has 0 bridgehead atoms. The van der Waals surface area contributed by atoms with Crippen molar-refractivity contribution < 1.29 is 31.1 Å². The van der Waals surface area contributed by atoms with Gasteiger partial charge in [0.15, 0.2) is 11.5 Å². The number of methoxy groups -OCH3 is 2. The van der Waals surface area contributed by atoms with Crippen LogP contribution in [-0.2, 0) is 22.6 Å². The molecule has 2 aromatic heterocycles. The average molecular weight is 429 g/mol. The molecule has 0 radical (unpaired) electrons. The Kier molecular flexibility index (Phi) is 5.71. The third-order valence-electron chi connectivity index (χ3n) is 4.17. The highest BCUT2D eigenvalue weighted by Gasteiger charge is 2.30. The fraction of sp³-hybridized carbons (Fsp3) is 0.278. The Hall–Kier alpha value is -2.79. The lowest BCUT2D eigenvalue weighted by atomic mass is 10.3. The van der Waals surface area contributed by atoms with E-state index >= 15 is 0 Å². The number of rotatable bonds is 7. The van der Waals surface area contributed by atoms with Gasteiger partial charge in [-0.25, -0.2) is 18.1 Å². The predicted molar refractivity (Wildman–Crippen MR) is 98.6 cm³/mol. The monoisotopic (exact) mass is 429 g/mol. The number of nitrogens with zero attached hydrogens (tertiary/aromatic N) is 2. The van der Waals surface area contributed by atoms with Crippen LogP contribution in [0.4, 0.5) is 13.2 Å². The Morgan fingerprint density at radius 3 is 2.45 bits per heavy atom. The Balaban J connectivity index is 1.70. The zero-order valence-corrected chi connectivity index (χ0v) is 16.3. The van der Waals surface area contributed by atoms with Crippen LogP contribution in [0.1, 0.15) is 11.3 Å². The van der Waals surface area contributed by atoms with Gasteiger partial charge in [-0.1, -0.05) is 0 Å². The van der Waals surface area contributed by atoms with Crippen LogP contribution in [0.5, 0.6) is 11.5 Å². The summed E-state index contributed by atoms with van der Waals surface area (Å²) in [5, 5.41) is 0. The lowest BCUT2D eigenvalue weighted by Gasteiger charge is -2.10. The van der Waals surface area contributed by atoms with E-state index in [2.05, 4.69) is 9.71 Å². The summed E-state index contributed by atoms with van der Waals surface area (Å²) in [6.07, 6.45) is -1.86. The average Bonchev–Trinajstić information content (AvgIpc) is 3.08. The number of benzene rings is 1. The number of alkyl halides is 3. The quantitative estimate of drug-likeness (QED) is 0.625. The molecule has 3 rings (SSSR count). The fourth-order valence-corrected chi connectivity index (χ4v) is 3.76. The third kappa shape index (κ3) is 4.62. The molecule has 2 heterocycles. The summed E-state index contributed by atoms with van der Waals surface area (Å²) in [4.78, 5) is 4.20. The minimum absolute atomic E-state index is 0.0000274. The van der Waals surface area contributed by atoms with Gasteiger partial charge in [0.2, 0.25) is 10.0 Å². The van der Waals surface area contributed by atoms with Gasteiger partial charge in [0.05, 0.1) is 30.4 Å². The second-order valence-corrected chi connectivity index (χ2v) is 7.84. The van der Waals surface area contributed by atoms with Crippen molar-refractivity contribution in [2.45, 2.75) is 17.5 Å². The summed E-state index contributed by atoms with van der Waals surface area (Å²) < 4.78 is 77.2. The van der Waals surface area contributed by atoms with Gasteiger partial charge in [0.1, 0.15) is 5.65 Å². The molecular formula is C18H18F3N3O4S. The number of fused-ring (bicyclic) bond motifs is 1. The smallest absolute Gasteiger partial charge is 0.417 e. The van der Waals surface area contributed by atoms with Gasteiger partial charge < -0.3 is 13.9 Å². The number of nitrogens with one attached hydrogen (secondary N) is 1. The van der Waals surface area contributed by atoms with E-state index in [4.69, 9.17) is 9.47 Å². The molecule has 0 unspecified atom stereocenters. The summed E-state index contributed by atoms with van der Waals surface area (Å²) in [5.41, 5.74) is 0.0122. The van der Waals surface area contributed by atoms with Gasteiger partial charge in [-0.15, -0.1) is 0 Å². The second-order valence-electron chi connectivity index (χ2n) is 6.08. The molecule has 0 aliphatic carbocycles. The largest absolute Gasteiger partial charge is 0.493 e. The van der Waals surface area contributed by atoms with Crippen LogP contribution in [-0.4, -0.2) is 38.6 Å². The molecule has 1 N–H and O–H groups in total. The van der Waals surface area contributed by atoms with Crippen molar-refractivity contribution in [3.63, 3.8) is 0 Å². The molecule has 156 valence electrons. The summed E-state index contributed by atoms with van der Waals surface area (Å²) in [7, 11) is -0.974. The van der Waals surface area contributed by atoms with E-state index in [0.29, 0.717) is 17.1 Å². The van der Waals surface area contributed by atoms with Gasteiger partial charge in [-0.05, 0) is 24.3 Å². The van der Waals surface area contributed by atoms with E-state index < -0.39 is 21.8 Å². The number of aromatic nitrogens is 2. The molecule has 0 saturated heterocycles. The van der Waals surface area contributed by atoms with Gasteiger partial charge in [-0.2, -0.15) is 13.2 Å². The lowest BCUT2D eigenvalue weighted by Crippen LogP contribution is -2.26. The molecule has 0 saturated carbocycles. The number of halogens is 3. The molecule has 11 heteroatoms. The van der Waals surface area contributed by atoms with Gasteiger partial charge in [0.25, 0.3) is 0 Å². The first kappa shape index (κ1) is 20.9. The van der Waals surface area contributed by atoms with E-state index in [0.717, 1.165) is 12.3 Å². The number of ether oxygens (including phenoxy) is 2. The van der Waals surface area contributed by atoms with Crippen molar-refractivity contribution in [1.29, 1.82) is 0 Å². The van der Waals surface area contributed by atoms with Crippen molar-refractivity contribution in [3.8, 4) is 11.5 Å². The predicted octanol–water partition coefficient (Wildman–Crippen LogP) is 2.89. The van der Waals surface area contributed by atoms with Crippen molar-refractivity contribution in [2.24, 2.45) is 0 Å². The minimum Gasteiger partial charge on any atom is -0.493 e. The first-order valence-electron chi connectivity index (χ1n) is 8.40. The van der Waals surface area contributed by atoms with E-state index in [1.807, 2.05) is 0 Å².